The van der Waals surface area contributed by atoms with Crippen molar-refractivity contribution in [2.24, 2.45) is 7.05 Å². The van der Waals surface area contributed by atoms with E-state index >= 15 is 0 Å². The molecule has 0 aliphatic heterocycles. The highest BCUT2D eigenvalue weighted by atomic mass is 35.5. The first-order valence-electron chi connectivity index (χ1n) is 8.82. The van der Waals surface area contributed by atoms with Gasteiger partial charge in [-0.05, 0) is 35.5 Å². The molecule has 0 radical (unpaired) electrons. The van der Waals surface area contributed by atoms with E-state index in [1.807, 2.05) is 42.8 Å². The number of hydrogen-bond acceptors (Lipinski definition) is 6. The number of aryl methyl sites for hydroxylation is 1. The number of benzene rings is 2. The van der Waals surface area contributed by atoms with Gasteiger partial charge in [0, 0.05) is 13.1 Å². The Hall–Kier alpha value is -3.46. The zero-order chi connectivity index (χ0) is 20.5. The van der Waals surface area contributed by atoms with Crippen LogP contribution in [0.15, 0.2) is 42.7 Å². The first kappa shape index (κ1) is 18.9. The predicted octanol–water partition coefficient (Wildman–Crippen LogP) is 2.70. The van der Waals surface area contributed by atoms with Crippen LogP contribution < -0.4 is 10.1 Å². The number of nitrogens with one attached hydrogen (secondary N) is 1. The van der Waals surface area contributed by atoms with Gasteiger partial charge in [0.1, 0.15) is 17.9 Å². The fourth-order valence-corrected chi connectivity index (χ4v) is 3.48. The number of amides is 1. The molecule has 1 amide bonds. The minimum atomic E-state index is -0.331. The fraction of sp³-hybridized carbons (Fsp3) is 0.211. The van der Waals surface area contributed by atoms with E-state index in [1.54, 1.807) is 6.07 Å². The number of methoxy groups -OCH3 is 1. The SMILES string of the molecule is COc1cc(-n2cnnn2)c(Cl)cc1C(=O)NC(C)c1nc2ccccc2n1C. The number of tetrazole rings is 1. The molecular formula is C19H18ClN7O2. The second kappa shape index (κ2) is 7.51. The van der Waals surface area contributed by atoms with Crippen LogP contribution in [0.2, 0.25) is 5.02 Å². The van der Waals surface area contributed by atoms with Crippen LogP contribution in [0, 0.1) is 0 Å². The van der Waals surface area contributed by atoms with Crippen LogP contribution in [0.4, 0.5) is 0 Å². The van der Waals surface area contributed by atoms with Gasteiger partial charge in [0.2, 0.25) is 0 Å². The third-order valence-corrected chi connectivity index (χ3v) is 4.97. The number of hydrogen-bond donors (Lipinski definition) is 1. The molecule has 0 spiro atoms. The summed E-state index contributed by atoms with van der Waals surface area (Å²) in [4.78, 5) is 17.6. The first-order chi connectivity index (χ1) is 14.0. The minimum Gasteiger partial charge on any atom is -0.496 e. The summed E-state index contributed by atoms with van der Waals surface area (Å²) in [5.41, 5.74) is 2.68. The van der Waals surface area contributed by atoms with Gasteiger partial charge in [-0.2, -0.15) is 4.68 Å². The second-order valence-corrected chi connectivity index (χ2v) is 6.88. The molecule has 0 fully saturated rings. The highest BCUT2D eigenvalue weighted by Crippen LogP contribution is 2.30. The maximum Gasteiger partial charge on any atom is 0.255 e. The zero-order valence-corrected chi connectivity index (χ0v) is 16.8. The number of halogens is 1. The highest BCUT2D eigenvalue weighted by Gasteiger charge is 2.21. The molecule has 0 saturated heterocycles. The van der Waals surface area contributed by atoms with E-state index in [0.717, 1.165) is 16.9 Å². The topological polar surface area (TPSA) is 99.8 Å². The molecule has 10 heteroatoms. The molecule has 0 aliphatic rings. The molecular weight excluding hydrogens is 394 g/mol. The van der Waals surface area contributed by atoms with E-state index < -0.39 is 0 Å². The average molecular weight is 412 g/mol. The molecule has 4 rings (SSSR count). The van der Waals surface area contributed by atoms with Crippen LogP contribution in [-0.4, -0.2) is 42.8 Å². The van der Waals surface area contributed by atoms with Crippen molar-refractivity contribution >= 4 is 28.5 Å². The lowest BCUT2D eigenvalue weighted by Crippen LogP contribution is -2.28. The molecule has 0 aliphatic carbocycles. The molecule has 0 saturated carbocycles. The monoisotopic (exact) mass is 411 g/mol. The fourth-order valence-electron chi connectivity index (χ4n) is 3.23. The first-order valence-corrected chi connectivity index (χ1v) is 9.20. The molecule has 2 aromatic carbocycles. The van der Waals surface area contributed by atoms with Crippen LogP contribution in [0.5, 0.6) is 5.75 Å². The van der Waals surface area contributed by atoms with Crippen LogP contribution >= 0.6 is 11.6 Å². The Kier molecular flexibility index (Phi) is 4.89. The van der Waals surface area contributed by atoms with Crippen LogP contribution in [-0.2, 0) is 7.05 Å². The maximum atomic E-state index is 13.0. The van der Waals surface area contributed by atoms with E-state index in [-0.39, 0.29) is 11.9 Å². The Morgan fingerprint density at radius 2 is 2.07 bits per heavy atom. The lowest BCUT2D eigenvalue weighted by Gasteiger charge is -2.16. The smallest absolute Gasteiger partial charge is 0.255 e. The summed E-state index contributed by atoms with van der Waals surface area (Å²) in [6.45, 7) is 1.88. The molecule has 0 bridgehead atoms. The number of rotatable bonds is 5. The molecule has 148 valence electrons. The number of para-hydroxylation sites is 2. The predicted molar refractivity (Wildman–Crippen MR) is 107 cm³/mol. The standard InChI is InChI=1S/C19H18ClN7O2/c1-11(18-23-14-6-4-5-7-15(14)26(18)2)22-19(28)12-8-13(20)16(9-17(12)29-3)27-10-21-24-25-27/h4-11H,1-3H3,(H,22,28). The molecule has 29 heavy (non-hydrogen) atoms. The van der Waals surface area contributed by atoms with Gasteiger partial charge in [-0.3, -0.25) is 4.79 Å². The van der Waals surface area contributed by atoms with Crippen molar-refractivity contribution in [3.63, 3.8) is 0 Å². The largest absolute Gasteiger partial charge is 0.496 e. The Labute approximate surface area is 171 Å². The molecule has 4 aromatic rings. The number of ether oxygens (including phenoxy) is 1. The molecule has 9 nitrogen and oxygen atoms in total. The highest BCUT2D eigenvalue weighted by molar-refractivity contribution is 6.33. The van der Waals surface area contributed by atoms with Crippen molar-refractivity contribution in [1.29, 1.82) is 0 Å². The molecule has 1 atom stereocenters. The summed E-state index contributed by atoms with van der Waals surface area (Å²) in [7, 11) is 3.41. The Balaban J connectivity index is 1.64. The quantitative estimate of drug-likeness (QED) is 0.542. The van der Waals surface area contributed by atoms with E-state index in [2.05, 4.69) is 25.8 Å². The van der Waals surface area contributed by atoms with E-state index in [0.29, 0.717) is 22.0 Å². The Morgan fingerprint density at radius 1 is 1.28 bits per heavy atom. The van der Waals surface area contributed by atoms with Gasteiger partial charge in [0.05, 0.1) is 40.5 Å². The number of aromatic nitrogens is 6. The zero-order valence-electron chi connectivity index (χ0n) is 16.0. The Bertz CT molecular complexity index is 1190. The number of nitrogens with zero attached hydrogens (tertiary/aromatic N) is 6. The van der Waals surface area contributed by atoms with Crippen molar-refractivity contribution in [2.45, 2.75) is 13.0 Å². The van der Waals surface area contributed by atoms with Crippen molar-refractivity contribution in [3.8, 4) is 11.4 Å². The maximum absolute atomic E-state index is 13.0. The van der Waals surface area contributed by atoms with E-state index in [1.165, 1.54) is 24.2 Å². The van der Waals surface area contributed by atoms with Crippen LogP contribution in [0.1, 0.15) is 29.1 Å². The third-order valence-electron chi connectivity index (χ3n) is 4.67. The summed E-state index contributed by atoms with van der Waals surface area (Å²) < 4.78 is 8.76. The minimum absolute atomic E-state index is 0.305. The van der Waals surface area contributed by atoms with E-state index in [9.17, 15) is 4.79 Å². The number of carbonyl (C=O) groups excluding carboxylic acids is 1. The van der Waals surface area contributed by atoms with Crippen molar-refractivity contribution in [1.82, 2.24) is 35.1 Å². The molecule has 1 N–H and O–H groups in total. The van der Waals surface area contributed by atoms with Gasteiger partial charge in [0.25, 0.3) is 5.91 Å². The van der Waals surface area contributed by atoms with Crippen LogP contribution in [0.25, 0.3) is 16.7 Å². The van der Waals surface area contributed by atoms with Crippen molar-refractivity contribution in [3.05, 3.63) is 59.1 Å². The number of imidazole rings is 1. The molecule has 1 unspecified atom stereocenters. The molecule has 2 heterocycles. The van der Waals surface area contributed by atoms with Gasteiger partial charge >= 0.3 is 0 Å². The van der Waals surface area contributed by atoms with Gasteiger partial charge in [-0.25, -0.2) is 4.98 Å². The summed E-state index contributed by atoms with van der Waals surface area (Å²) in [6, 6.07) is 10.6. The van der Waals surface area contributed by atoms with Crippen molar-refractivity contribution in [2.75, 3.05) is 7.11 Å². The lowest BCUT2D eigenvalue weighted by atomic mass is 10.1. The van der Waals surface area contributed by atoms with Gasteiger partial charge < -0.3 is 14.6 Å². The van der Waals surface area contributed by atoms with E-state index in [4.69, 9.17) is 16.3 Å². The second-order valence-electron chi connectivity index (χ2n) is 6.47. The average Bonchev–Trinajstić information content (AvgIpc) is 3.36. The summed E-state index contributed by atoms with van der Waals surface area (Å²) >= 11 is 6.36. The summed E-state index contributed by atoms with van der Waals surface area (Å²) in [5.74, 6) is 0.774. The normalized spacial score (nSPS) is 12.1. The number of fused-ring (bicyclic) bond motifs is 1. The lowest BCUT2D eigenvalue weighted by molar-refractivity contribution is 0.0935. The van der Waals surface area contributed by atoms with Gasteiger partial charge in [-0.1, -0.05) is 23.7 Å². The molecule has 2 aromatic heterocycles. The van der Waals surface area contributed by atoms with Crippen molar-refractivity contribution < 1.29 is 9.53 Å². The van der Waals surface area contributed by atoms with Gasteiger partial charge in [0.15, 0.2) is 0 Å². The van der Waals surface area contributed by atoms with Gasteiger partial charge in [-0.15, -0.1) is 5.10 Å². The third kappa shape index (κ3) is 3.40. The van der Waals surface area contributed by atoms with Crippen LogP contribution in [0.3, 0.4) is 0 Å². The number of carbonyl (C=O) groups is 1. The summed E-state index contributed by atoms with van der Waals surface area (Å²) in [5, 5.41) is 14.3. The Morgan fingerprint density at radius 3 is 2.76 bits per heavy atom. The summed E-state index contributed by atoms with van der Waals surface area (Å²) in [6.07, 6.45) is 1.41.